The first kappa shape index (κ1) is 22.7. The average molecular weight is 518 g/mol. The fourth-order valence-corrected chi connectivity index (χ4v) is 5.00. The van der Waals surface area contributed by atoms with Crippen LogP contribution in [-0.4, -0.2) is 21.1 Å². The van der Waals surface area contributed by atoms with E-state index in [1.165, 1.54) is 0 Å². The van der Waals surface area contributed by atoms with Gasteiger partial charge in [0.25, 0.3) is 0 Å². The zero-order valence-electron chi connectivity index (χ0n) is 19.6. The van der Waals surface area contributed by atoms with Gasteiger partial charge < -0.3 is 10.1 Å². The third-order valence-corrected chi connectivity index (χ3v) is 6.93. The average Bonchev–Trinajstić information content (AvgIpc) is 3.17. The van der Waals surface area contributed by atoms with Crippen LogP contribution in [0.25, 0.3) is 28.2 Å². The predicted molar refractivity (Wildman–Crippen MR) is 139 cm³/mol. The number of hydrogen-bond acceptors (Lipinski definition) is 3. The predicted octanol–water partition coefficient (Wildman–Crippen LogP) is 7.33. The zero-order chi connectivity index (χ0) is 23.9. The molecule has 0 saturated heterocycles. The molecule has 34 heavy (non-hydrogen) atoms. The lowest BCUT2D eigenvalue weighted by Gasteiger charge is -2.43. The second-order valence-corrected chi connectivity index (χ2v) is 10.7. The number of amides is 1. The van der Waals surface area contributed by atoms with Gasteiger partial charge in [-0.3, -0.25) is 4.40 Å². The minimum Gasteiger partial charge on any atom is -0.444 e. The molecule has 0 bridgehead atoms. The van der Waals surface area contributed by atoms with Gasteiger partial charge >= 0.3 is 6.09 Å². The van der Waals surface area contributed by atoms with Crippen molar-refractivity contribution in [2.75, 3.05) is 0 Å². The quantitative estimate of drug-likeness (QED) is 0.308. The number of carbonyl (C=O) groups is 1. The van der Waals surface area contributed by atoms with E-state index in [1.54, 1.807) is 0 Å². The molecular formula is C28H28BrN3O2. The van der Waals surface area contributed by atoms with Crippen LogP contribution < -0.4 is 5.32 Å². The topological polar surface area (TPSA) is 55.6 Å². The normalized spacial score (nSPS) is 15.1. The van der Waals surface area contributed by atoms with Crippen LogP contribution in [-0.2, 0) is 10.3 Å². The Morgan fingerprint density at radius 1 is 1.00 bits per heavy atom. The number of halogens is 1. The van der Waals surface area contributed by atoms with Crippen LogP contribution in [0.1, 0.15) is 45.6 Å². The number of nitrogens with zero attached hydrogens (tertiary/aromatic N) is 2. The summed E-state index contributed by atoms with van der Waals surface area (Å²) in [7, 11) is 0. The number of carbonyl (C=O) groups excluding carboxylic acids is 1. The van der Waals surface area contributed by atoms with Crippen LogP contribution in [0.15, 0.2) is 77.4 Å². The van der Waals surface area contributed by atoms with E-state index < -0.39 is 5.60 Å². The molecule has 0 aliphatic heterocycles. The van der Waals surface area contributed by atoms with E-state index in [2.05, 4.69) is 62.0 Å². The summed E-state index contributed by atoms with van der Waals surface area (Å²) >= 11 is 3.65. The summed E-state index contributed by atoms with van der Waals surface area (Å²) in [5.41, 5.74) is 5.19. The van der Waals surface area contributed by atoms with Gasteiger partial charge in [0.05, 0.1) is 21.4 Å². The maximum atomic E-state index is 12.5. The maximum Gasteiger partial charge on any atom is 0.408 e. The molecule has 0 atom stereocenters. The van der Waals surface area contributed by atoms with Gasteiger partial charge in [0.15, 0.2) is 5.65 Å². The maximum absolute atomic E-state index is 12.5. The highest BCUT2D eigenvalue weighted by atomic mass is 79.9. The molecule has 1 aliphatic rings. The van der Waals surface area contributed by atoms with Crippen LogP contribution >= 0.6 is 15.9 Å². The van der Waals surface area contributed by atoms with Crippen molar-refractivity contribution in [3.05, 3.63) is 83.0 Å². The number of fused-ring (bicyclic) bond motifs is 1. The van der Waals surface area contributed by atoms with Crippen LogP contribution in [0.2, 0.25) is 0 Å². The largest absolute Gasteiger partial charge is 0.444 e. The van der Waals surface area contributed by atoms with Crippen molar-refractivity contribution < 1.29 is 9.53 Å². The molecule has 5 rings (SSSR count). The van der Waals surface area contributed by atoms with Gasteiger partial charge in [0.1, 0.15) is 5.60 Å². The minimum absolute atomic E-state index is 0.368. The summed E-state index contributed by atoms with van der Waals surface area (Å²) in [6.07, 6.45) is 4.56. The Bertz CT molecular complexity index is 1330. The van der Waals surface area contributed by atoms with E-state index in [-0.39, 0.29) is 11.6 Å². The molecule has 174 valence electrons. The lowest BCUT2D eigenvalue weighted by atomic mass is 9.71. The number of imidazole rings is 1. The first-order valence-electron chi connectivity index (χ1n) is 11.6. The fourth-order valence-electron chi connectivity index (χ4n) is 4.57. The molecule has 2 heterocycles. The van der Waals surface area contributed by atoms with Gasteiger partial charge in [-0.05, 0) is 73.7 Å². The Labute approximate surface area is 208 Å². The molecule has 1 saturated carbocycles. The molecule has 0 unspecified atom stereocenters. The van der Waals surface area contributed by atoms with Gasteiger partial charge in [0.2, 0.25) is 0 Å². The fraction of sp³-hybridized carbons (Fsp3) is 0.286. The molecular weight excluding hydrogens is 490 g/mol. The monoisotopic (exact) mass is 517 g/mol. The summed E-state index contributed by atoms with van der Waals surface area (Å²) in [5.74, 6) is 0. The lowest BCUT2D eigenvalue weighted by Crippen LogP contribution is -2.52. The Hall–Kier alpha value is -3.12. The summed E-state index contributed by atoms with van der Waals surface area (Å²) in [4.78, 5) is 17.5. The van der Waals surface area contributed by atoms with E-state index in [4.69, 9.17) is 9.72 Å². The van der Waals surface area contributed by atoms with Gasteiger partial charge in [0, 0.05) is 17.3 Å². The van der Waals surface area contributed by atoms with Crippen molar-refractivity contribution >= 4 is 27.7 Å². The number of aromatic nitrogens is 2. The minimum atomic E-state index is -0.524. The van der Waals surface area contributed by atoms with Crippen molar-refractivity contribution in [2.45, 2.75) is 51.2 Å². The molecule has 1 N–H and O–H groups in total. The van der Waals surface area contributed by atoms with E-state index in [1.807, 2.05) is 57.3 Å². The lowest BCUT2D eigenvalue weighted by molar-refractivity contribution is 0.0377. The number of hydrogen-bond donors (Lipinski definition) is 1. The number of rotatable bonds is 4. The SMILES string of the molecule is CC(C)(C)OC(=O)NC1(c2ccc(-c3nc4c(Br)cccn4c3-c3ccccc3)cc2)CCC1. The van der Waals surface area contributed by atoms with Crippen LogP contribution in [0, 0.1) is 0 Å². The van der Waals surface area contributed by atoms with Gasteiger partial charge in [-0.2, -0.15) is 0 Å². The highest BCUT2D eigenvalue weighted by Gasteiger charge is 2.41. The first-order chi connectivity index (χ1) is 16.3. The Morgan fingerprint density at radius 2 is 1.71 bits per heavy atom. The highest BCUT2D eigenvalue weighted by Crippen LogP contribution is 2.42. The molecule has 1 fully saturated rings. The van der Waals surface area contributed by atoms with Crippen molar-refractivity contribution in [1.29, 1.82) is 0 Å². The Morgan fingerprint density at radius 3 is 2.32 bits per heavy atom. The third-order valence-electron chi connectivity index (χ3n) is 6.31. The number of alkyl carbamates (subject to hydrolysis) is 1. The van der Waals surface area contributed by atoms with Crippen molar-refractivity contribution in [2.24, 2.45) is 0 Å². The van der Waals surface area contributed by atoms with E-state index >= 15 is 0 Å². The second kappa shape index (κ2) is 8.58. The summed E-state index contributed by atoms with van der Waals surface area (Å²) < 4.78 is 8.60. The standard InChI is InChI=1S/C28H28BrN3O2/c1-27(2,3)34-26(33)31-28(16-8-17-28)21-14-12-19(13-15-21)23-24(20-9-5-4-6-10-20)32-18-7-11-22(29)25(32)30-23/h4-7,9-15,18H,8,16-17H2,1-3H3,(H,31,33). The molecule has 6 heteroatoms. The summed E-state index contributed by atoms with van der Waals surface area (Å²) in [6.45, 7) is 5.64. The molecule has 5 nitrogen and oxygen atoms in total. The number of ether oxygens (including phenoxy) is 1. The van der Waals surface area contributed by atoms with Crippen molar-refractivity contribution in [3.8, 4) is 22.5 Å². The molecule has 0 spiro atoms. The smallest absolute Gasteiger partial charge is 0.408 e. The molecule has 2 aromatic carbocycles. The molecule has 2 aromatic heterocycles. The highest BCUT2D eigenvalue weighted by molar-refractivity contribution is 9.10. The summed E-state index contributed by atoms with van der Waals surface area (Å²) in [5, 5.41) is 3.14. The van der Waals surface area contributed by atoms with Crippen molar-refractivity contribution in [3.63, 3.8) is 0 Å². The number of pyridine rings is 1. The summed E-state index contributed by atoms with van der Waals surface area (Å²) in [6, 6.07) is 22.8. The van der Waals surface area contributed by atoms with Gasteiger partial charge in [-0.25, -0.2) is 9.78 Å². The number of benzene rings is 2. The van der Waals surface area contributed by atoms with Crippen LogP contribution in [0.3, 0.4) is 0 Å². The zero-order valence-corrected chi connectivity index (χ0v) is 21.2. The molecule has 0 radical (unpaired) electrons. The van der Waals surface area contributed by atoms with Crippen molar-refractivity contribution in [1.82, 2.24) is 14.7 Å². The molecule has 1 amide bonds. The Balaban J connectivity index is 1.52. The van der Waals surface area contributed by atoms with Gasteiger partial charge in [-0.1, -0.05) is 54.6 Å². The Kier molecular flexibility index (Phi) is 5.72. The molecule has 1 aliphatic carbocycles. The van der Waals surface area contributed by atoms with E-state index in [0.29, 0.717) is 0 Å². The van der Waals surface area contributed by atoms with Crippen LogP contribution in [0.4, 0.5) is 4.79 Å². The van der Waals surface area contributed by atoms with E-state index in [9.17, 15) is 4.79 Å². The van der Waals surface area contributed by atoms with E-state index in [0.717, 1.165) is 57.5 Å². The van der Waals surface area contributed by atoms with Crippen LogP contribution in [0.5, 0.6) is 0 Å². The van der Waals surface area contributed by atoms with Gasteiger partial charge in [-0.15, -0.1) is 0 Å². The number of nitrogens with one attached hydrogen (secondary N) is 1. The third kappa shape index (κ3) is 4.23. The first-order valence-corrected chi connectivity index (χ1v) is 12.4. The second-order valence-electron chi connectivity index (χ2n) is 9.86. The molecule has 4 aromatic rings.